The minimum atomic E-state index is -3.46. The van der Waals surface area contributed by atoms with Gasteiger partial charge in [0.15, 0.2) is 9.84 Å². The first-order valence-electron chi connectivity index (χ1n) is 8.05. The van der Waals surface area contributed by atoms with E-state index in [1.807, 2.05) is 56.4 Å². The molecule has 0 spiro atoms. The van der Waals surface area contributed by atoms with Gasteiger partial charge in [0, 0.05) is 18.3 Å². The molecule has 0 saturated carbocycles. The molecule has 1 aromatic heterocycles. The number of aromatic nitrogens is 2. The van der Waals surface area contributed by atoms with Crippen LogP contribution < -0.4 is 5.32 Å². The van der Waals surface area contributed by atoms with Gasteiger partial charge in [0.2, 0.25) is 0 Å². The number of nitrogens with zero attached hydrogens (tertiary/aromatic N) is 2. The number of aryl methyl sites for hydroxylation is 1. The number of rotatable bonds is 6. The Bertz CT molecular complexity index is 956. The van der Waals surface area contributed by atoms with Crippen LogP contribution in [-0.2, 0) is 22.3 Å². The summed E-state index contributed by atoms with van der Waals surface area (Å²) < 4.78 is 27.3. The van der Waals surface area contributed by atoms with E-state index in [1.165, 1.54) is 0 Å². The highest BCUT2D eigenvalue weighted by molar-refractivity contribution is 7.90. The molecule has 0 aliphatic carbocycles. The van der Waals surface area contributed by atoms with Crippen LogP contribution in [0.5, 0.6) is 0 Å². The highest BCUT2D eigenvalue weighted by atomic mass is 35.5. The molecular formula is C19H23Cl2N3O2S. The average molecular weight is 428 g/mol. The summed E-state index contributed by atoms with van der Waals surface area (Å²) >= 11 is 0. The summed E-state index contributed by atoms with van der Waals surface area (Å²) in [4.78, 5) is 4.92. The van der Waals surface area contributed by atoms with Gasteiger partial charge < -0.3 is 9.88 Å². The maximum Gasteiger partial charge on any atom is 0.196 e. The van der Waals surface area contributed by atoms with Crippen LogP contribution in [0.3, 0.4) is 0 Å². The molecule has 0 saturated heterocycles. The predicted molar refractivity (Wildman–Crippen MR) is 113 cm³/mol. The highest BCUT2D eigenvalue weighted by Crippen LogP contribution is 2.22. The smallest absolute Gasteiger partial charge is 0.196 e. The van der Waals surface area contributed by atoms with E-state index < -0.39 is 9.84 Å². The number of sulfone groups is 1. The molecule has 27 heavy (non-hydrogen) atoms. The second kappa shape index (κ2) is 9.90. The molecule has 1 heterocycles. The quantitative estimate of drug-likeness (QED) is 0.648. The topological polar surface area (TPSA) is 64.0 Å². The SMILES string of the molecule is CNCc1cn(CS(=O)(=O)c2ccc(C)cc2)c(-c2ccccc2)n1.Cl.Cl. The maximum atomic E-state index is 12.8. The first kappa shape index (κ1) is 23.2. The van der Waals surface area contributed by atoms with Crippen molar-refractivity contribution >= 4 is 34.7 Å². The molecule has 2 aromatic carbocycles. The van der Waals surface area contributed by atoms with Crippen molar-refractivity contribution in [3.05, 3.63) is 72.1 Å². The summed E-state index contributed by atoms with van der Waals surface area (Å²) in [6, 6.07) is 16.5. The monoisotopic (exact) mass is 427 g/mol. The number of nitrogens with one attached hydrogen (secondary N) is 1. The molecule has 0 bridgehead atoms. The third kappa shape index (κ3) is 5.56. The summed E-state index contributed by atoms with van der Waals surface area (Å²) in [7, 11) is -1.62. The Morgan fingerprint density at radius 3 is 2.22 bits per heavy atom. The van der Waals surface area contributed by atoms with Crippen LogP contribution in [0.4, 0.5) is 0 Å². The van der Waals surface area contributed by atoms with Crippen molar-refractivity contribution in [2.75, 3.05) is 7.05 Å². The largest absolute Gasteiger partial charge is 0.315 e. The van der Waals surface area contributed by atoms with Gasteiger partial charge in [-0.25, -0.2) is 13.4 Å². The van der Waals surface area contributed by atoms with E-state index in [1.54, 1.807) is 22.9 Å². The lowest BCUT2D eigenvalue weighted by atomic mass is 10.2. The zero-order valence-electron chi connectivity index (χ0n) is 15.1. The van der Waals surface area contributed by atoms with Crippen LogP contribution in [0.1, 0.15) is 11.3 Å². The Morgan fingerprint density at radius 1 is 1.00 bits per heavy atom. The maximum absolute atomic E-state index is 12.8. The molecule has 1 N–H and O–H groups in total. The lowest BCUT2D eigenvalue weighted by Gasteiger charge is -2.09. The van der Waals surface area contributed by atoms with Gasteiger partial charge in [0.05, 0.1) is 10.6 Å². The van der Waals surface area contributed by atoms with Crippen molar-refractivity contribution in [3.63, 3.8) is 0 Å². The van der Waals surface area contributed by atoms with Crippen LogP contribution in [-0.4, -0.2) is 25.0 Å². The predicted octanol–water partition coefficient (Wildman–Crippen LogP) is 3.85. The van der Waals surface area contributed by atoms with Crippen LogP contribution in [0, 0.1) is 6.92 Å². The van der Waals surface area contributed by atoms with Crippen molar-refractivity contribution in [3.8, 4) is 11.4 Å². The van der Waals surface area contributed by atoms with Gasteiger partial charge in [-0.3, -0.25) is 0 Å². The fraction of sp³-hybridized carbons (Fsp3) is 0.211. The Balaban J connectivity index is 0.00000182. The summed E-state index contributed by atoms with van der Waals surface area (Å²) in [5, 5.41) is 3.05. The molecular weight excluding hydrogens is 405 g/mol. The molecule has 8 heteroatoms. The van der Waals surface area contributed by atoms with Crippen molar-refractivity contribution in [2.24, 2.45) is 0 Å². The molecule has 0 fully saturated rings. The third-order valence-corrected chi connectivity index (χ3v) is 5.51. The van der Waals surface area contributed by atoms with Gasteiger partial charge in [-0.15, -0.1) is 24.8 Å². The van der Waals surface area contributed by atoms with Crippen LogP contribution in [0.2, 0.25) is 0 Å². The summed E-state index contributed by atoms with van der Waals surface area (Å²) in [6.45, 7) is 2.52. The zero-order chi connectivity index (χ0) is 17.9. The highest BCUT2D eigenvalue weighted by Gasteiger charge is 2.19. The van der Waals surface area contributed by atoms with Crippen molar-refractivity contribution in [2.45, 2.75) is 24.2 Å². The Kier molecular flexibility index (Phi) is 8.50. The zero-order valence-corrected chi connectivity index (χ0v) is 17.6. The molecule has 0 radical (unpaired) electrons. The molecule has 0 atom stereocenters. The lowest BCUT2D eigenvalue weighted by Crippen LogP contribution is -2.12. The number of hydrogen-bond donors (Lipinski definition) is 1. The van der Waals surface area contributed by atoms with Gasteiger partial charge in [0.25, 0.3) is 0 Å². The normalized spacial score (nSPS) is 10.7. The molecule has 0 unspecified atom stereocenters. The van der Waals surface area contributed by atoms with E-state index in [-0.39, 0.29) is 30.7 Å². The fourth-order valence-corrected chi connectivity index (χ4v) is 3.92. The van der Waals surface area contributed by atoms with Crippen LogP contribution in [0.15, 0.2) is 65.7 Å². The van der Waals surface area contributed by atoms with E-state index in [9.17, 15) is 8.42 Å². The first-order valence-corrected chi connectivity index (χ1v) is 9.70. The minimum absolute atomic E-state index is 0. The van der Waals surface area contributed by atoms with E-state index >= 15 is 0 Å². The van der Waals surface area contributed by atoms with Gasteiger partial charge in [-0.1, -0.05) is 48.0 Å². The van der Waals surface area contributed by atoms with Gasteiger partial charge in [-0.2, -0.15) is 0 Å². The average Bonchev–Trinajstić information content (AvgIpc) is 2.98. The Labute approximate surface area is 172 Å². The third-order valence-electron chi connectivity index (χ3n) is 3.91. The first-order chi connectivity index (χ1) is 12.0. The van der Waals surface area contributed by atoms with Gasteiger partial charge in [-0.05, 0) is 26.1 Å². The molecule has 5 nitrogen and oxygen atoms in total. The molecule has 0 amide bonds. The van der Waals surface area contributed by atoms with E-state index in [4.69, 9.17) is 0 Å². The van der Waals surface area contributed by atoms with Crippen LogP contribution >= 0.6 is 24.8 Å². The molecule has 3 aromatic rings. The Morgan fingerprint density at radius 2 is 1.63 bits per heavy atom. The number of imidazole rings is 1. The minimum Gasteiger partial charge on any atom is -0.315 e. The molecule has 3 rings (SSSR count). The van der Waals surface area contributed by atoms with E-state index in [2.05, 4.69) is 10.3 Å². The van der Waals surface area contributed by atoms with Crippen molar-refractivity contribution < 1.29 is 8.42 Å². The molecule has 146 valence electrons. The fourth-order valence-electron chi connectivity index (χ4n) is 2.66. The van der Waals surface area contributed by atoms with E-state index in [0.29, 0.717) is 17.3 Å². The lowest BCUT2D eigenvalue weighted by molar-refractivity contribution is 0.584. The van der Waals surface area contributed by atoms with Crippen molar-refractivity contribution in [1.82, 2.24) is 14.9 Å². The molecule has 0 aliphatic heterocycles. The van der Waals surface area contributed by atoms with E-state index in [0.717, 1.165) is 16.8 Å². The number of halogens is 2. The van der Waals surface area contributed by atoms with Gasteiger partial charge in [0.1, 0.15) is 11.7 Å². The summed E-state index contributed by atoms with van der Waals surface area (Å²) in [6.07, 6.45) is 1.80. The summed E-state index contributed by atoms with van der Waals surface area (Å²) in [5.41, 5.74) is 2.73. The second-order valence-electron chi connectivity index (χ2n) is 5.98. The van der Waals surface area contributed by atoms with Gasteiger partial charge >= 0.3 is 0 Å². The summed E-state index contributed by atoms with van der Waals surface area (Å²) in [5.74, 6) is 0.512. The number of benzene rings is 2. The Hall–Kier alpha value is -1.86. The molecule has 0 aliphatic rings. The number of hydrogen-bond acceptors (Lipinski definition) is 4. The van der Waals surface area contributed by atoms with Crippen molar-refractivity contribution in [1.29, 1.82) is 0 Å². The standard InChI is InChI=1S/C19H21N3O2S.2ClH/c1-15-8-10-18(11-9-15)25(23,24)14-22-13-17(12-20-2)21-19(22)16-6-4-3-5-7-16;;/h3-11,13,20H,12,14H2,1-2H3;2*1H. The second-order valence-corrected chi connectivity index (χ2v) is 7.94. The van der Waals surface area contributed by atoms with Crippen LogP contribution in [0.25, 0.3) is 11.4 Å².